The number of hydrogen-bond donors (Lipinski definition) is 0. The first-order valence-electron chi connectivity index (χ1n) is 12.0. The zero-order chi connectivity index (χ0) is 22.6. The summed E-state index contributed by atoms with van der Waals surface area (Å²) in [5, 5.41) is 0. The van der Waals surface area contributed by atoms with Crippen LogP contribution in [0.25, 0.3) is 11.1 Å². The average Bonchev–Trinajstić information content (AvgIpc) is 3.32. The lowest BCUT2D eigenvalue weighted by molar-refractivity contribution is -0.147. The quantitative estimate of drug-likeness (QED) is 0.671. The Hall–Kier alpha value is -2.69. The summed E-state index contributed by atoms with van der Waals surface area (Å²) in [6.45, 7) is 1.29. The Morgan fingerprint density at radius 2 is 1.88 bits per heavy atom. The SMILES string of the molecule is CN(C)C(=O)[C@@]1(Cc2cccc(-c3cccnc3)c2)CCCN(C(=O)CC2CCCC2)C1. The van der Waals surface area contributed by atoms with Crippen molar-refractivity contribution >= 4 is 11.8 Å². The monoisotopic (exact) mass is 433 g/mol. The van der Waals surface area contributed by atoms with E-state index in [4.69, 9.17) is 0 Å². The van der Waals surface area contributed by atoms with Crippen molar-refractivity contribution in [3.05, 3.63) is 54.4 Å². The highest BCUT2D eigenvalue weighted by Crippen LogP contribution is 2.37. The Morgan fingerprint density at radius 1 is 1.09 bits per heavy atom. The molecule has 32 heavy (non-hydrogen) atoms. The van der Waals surface area contributed by atoms with Gasteiger partial charge in [0.1, 0.15) is 0 Å². The standard InChI is InChI=1S/C27H35N3O2/c1-29(2)26(32)27(13-7-15-30(20-27)25(31)17-21-8-3-4-9-21)18-22-10-5-11-23(16-22)24-12-6-14-28-19-24/h5-6,10-12,14,16,19,21H,3-4,7-9,13,15,17-18,20H2,1-2H3/t27-/m1/s1. The van der Waals surface area contributed by atoms with Gasteiger partial charge in [0.25, 0.3) is 0 Å². The van der Waals surface area contributed by atoms with Crippen molar-refractivity contribution in [2.75, 3.05) is 27.2 Å². The number of aromatic nitrogens is 1. The number of piperidine rings is 1. The van der Waals surface area contributed by atoms with Crippen LogP contribution in [0.4, 0.5) is 0 Å². The first kappa shape index (κ1) is 22.5. The van der Waals surface area contributed by atoms with Gasteiger partial charge in [-0.05, 0) is 60.8 Å². The fraction of sp³-hybridized carbons (Fsp3) is 0.519. The van der Waals surface area contributed by atoms with Crippen molar-refractivity contribution in [1.29, 1.82) is 0 Å². The molecule has 2 amide bonds. The number of nitrogens with zero attached hydrogens (tertiary/aromatic N) is 3. The summed E-state index contributed by atoms with van der Waals surface area (Å²) >= 11 is 0. The molecule has 1 aliphatic carbocycles. The Balaban J connectivity index is 1.57. The van der Waals surface area contributed by atoms with Crippen LogP contribution in [0.3, 0.4) is 0 Å². The van der Waals surface area contributed by atoms with Crippen molar-refractivity contribution in [3.63, 3.8) is 0 Å². The third-order valence-corrected chi connectivity index (χ3v) is 7.19. The van der Waals surface area contributed by atoms with Gasteiger partial charge in [-0.2, -0.15) is 0 Å². The molecule has 2 aliphatic rings. The minimum absolute atomic E-state index is 0.127. The molecule has 1 saturated heterocycles. The molecular formula is C27H35N3O2. The first-order valence-corrected chi connectivity index (χ1v) is 12.0. The van der Waals surface area contributed by atoms with Gasteiger partial charge in [0, 0.05) is 46.0 Å². The highest BCUT2D eigenvalue weighted by molar-refractivity contribution is 5.85. The number of rotatable bonds is 6. The van der Waals surface area contributed by atoms with Gasteiger partial charge < -0.3 is 9.80 Å². The zero-order valence-electron chi connectivity index (χ0n) is 19.4. The molecule has 0 N–H and O–H groups in total. The van der Waals surface area contributed by atoms with Gasteiger partial charge in [-0.1, -0.05) is 43.2 Å². The summed E-state index contributed by atoms with van der Waals surface area (Å²) in [7, 11) is 3.66. The average molecular weight is 434 g/mol. The van der Waals surface area contributed by atoms with Crippen molar-refractivity contribution in [2.24, 2.45) is 11.3 Å². The maximum atomic E-state index is 13.5. The smallest absolute Gasteiger partial charge is 0.230 e. The van der Waals surface area contributed by atoms with Crippen molar-refractivity contribution in [2.45, 2.75) is 51.4 Å². The minimum Gasteiger partial charge on any atom is -0.348 e. The molecule has 0 bridgehead atoms. The van der Waals surface area contributed by atoms with Crippen molar-refractivity contribution in [1.82, 2.24) is 14.8 Å². The zero-order valence-corrected chi connectivity index (χ0v) is 19.4. The van der Waals surface area contributed by atoms with Gasteiger partial charge in [-0.15, -0.1) is 0 Å². The lowest BCUT2D eigenvalue weighted by atomic mass is 9.73. The third kappa shape index (κ3) is 5.03. The van der Waals surface area contributed by atoms with Crippen LogP contribution in [0, 0.1) is 11.3 Å². The maximum absolute atomic E-state index is 13.5. The molecule has 1 aromatic carbocycles. The summed E-state index contributed by atoms with van der Waals surface area (Å²) < 4.78 is 0. The molecule has 2 heterocycles. The largest absolute Gasteiger partial charge is 0.348 e. The number of hydrogen-bond acceptors (Lipinski definition) is 3. The molecular weight excluding hydrogens is 398 g/mol. The van der Waals surface area contributed by atoms with Gasteiger partial charge in [0.15, 0.2) is 0 Å². The normalized spacial score (nSPS) is 21.5. The van der Waals surface area contributed by atoms with E-state index >= 15 is 0 Å². The Bertz CT molecular complexity index is 937. The van der Waals surface area contributed by atoms with E-state index in [1.807, 2.05) is 31.3 Å². The molecule has 0 unspecified atom stereocenters. The molecule has 0 radical (unpaired) electrons. The molecule has 5 heteroatoms. The van der Waals surface area contributed by atoms with Crippen LogP contribution in [-0.4, -0.2) is 53.8 Å². The van der Waals surface area contributed by atoms with E-state index in [0.717, 1.165) is 36.1 Å². The minimum atomic E-state index is -0.569. The fourth-order valence-corrected chi connectivity index (χ4v) is 5.59. The maximum Gasteiger partial charge on any atom is 0.230 e. The van der Waals surface area contributed by atoms with E-state index in [0.29, 0.717) is 25.3 Å². The fourth-order valence-electron chi connectivity index (χ4n) is 5.59. The highest BCUT2D eigenvalue weighted by Gasteiger charge is 2.44. The third-order valence-electron chi connectivity index (χ3n) is 7.19. The van der Waals surface area contributed by atoms with Gasteiger partial charge in [0.05, 0.1) is 5.41 Å². The molecule has 1 saturated carbocycles. The topological polar surface area (TPSA) is 53.5 Å². The summed E-state index contributed by atoms with van der Waals surface area (Å²) in [6, 6.07) is 12.4. The van der Waals surface area contributed by atoms with Crippen molar-refractivity contribution < 1.29 is 9.59 Å². The van der Waals surface area contributed by atoms with Gasteiger partial charge in [-0.3, -0.25) is 14.6 Å². The van der Waals surface area contributed by atoms with E-state index < -0.39 is 5.41 Å². The highest BCUT2D eigenvalue weighted by atomic mass is 16.2. The molecule has 1 aromatic heterocycles. The van der Waals surface area contributed by atoms with Crippen LogP contribution >= 0.6 is 0 Å². The van der Waals surface area contributed by atoms with E-state index in [-0.39, 0.29) is 11.8 Å². The second-order valence-corrected chi connectivity index (χ2v) is 9.87. The van der Waals surface area contributed by atoms with E-state index in [9.17, 15) is 9.59 Å². The molecule has 1 aliphatic heterocycles. The molecule has 2 fully saturated rings. The number of likely N-dealkylation sites (tertiary alicyclic amines) is 1. The number of carbonyl (C=O) groups excluding carboxylic acids is 2. The number of amides is 2. The first-order chi connectivity index (χ1) is 15.5. The van der Waals surface area contributed by atoms with E-state index in [2.05, 4.69) is 35.3 Å². The van der Waals surface area contributed by atoms with Gasteiger partial charge >= 0.3 is 0 Å². The summed E-state index contributed by atoms with van der Waals surface area (Å²) in [5.41, 5.74) is 2.74. The Kier molecular flexibility index (Phi) is 6.92. The predicted molar refractivity (Wildman–Crippen MR) is 127 cm³/mol. The molecule has 4 rings (SSSR count). The molecule has 1 atom stereocenters. The second kappa shape index (κ2) is 9.85. The van der Waals surface area contributed by atoms with Crippen LogP contribution in [-0.2, 0) is 16.0 Å². The van der Waals surface area contributed by atoms with Gasteiger partial charge in [0.2, 0.25) is 11.8 Å². The Morgan fingerprint density at radius 3 is 2.59 bits per heavy atom. The molecule has 0 spiro atoms. The van der Waals surface area contributed by atoms with Gasteiger partial charge in [-0.25, -0.2) is 0 Å². The van der Waals surface area contributed by atoms with E-state index in [1.54, 1.807) is 11.1 Å². The van der Waals surface area contributed by atoms with Crippen LogP contribution in [0.1, 0.15) is 50.5 Å². The second-order valence-electron chi connectivity index (χ2n) is 9.87. The number of benzene rings is 1. The Labute approximate surface area is 191 Å². The van der Waals surface area contributed by atoms with Crippen LogP contribution in [0.5, 0.6) is 0 Å². The van der Waals surface area contributed by atoms with Crippen molar-refractivity contribution in [3.8, 4) is 11.1 Å². The molecule has 5 nitrogen and oxygen atoms in total. The van der Waals surface area contributed by atoms with Crippen LogP contribution in [0.15, 0.2) is 48.8 Å². The molecule has 170 valence electrons. The summed E-state index contributed by atoms with van der Waals surface area (Å²) in [4.78, 5) is 34.5. The predicted octanol–water partition coefficient (Wildman–Crippen LogP) is 4.57. The molecule has 2 aromatic rings. The summed E-state index contributed by atoms with van der Waals surface area (Å²) in [6.07, 6.45) is 11.4. The lowest BCUT2D eigenvalue weighted by Crippen LogP contribution is -2.54. The summed E-state index contributed by atoms with van der Waals surface area (Å²) in [5.74, 6) is 0.888. The lowest BCUT2D eigenvalue weighted by Gasteiger charge is -2.43. The number of carbonyl (C=O) groups is 2. The van der Waals surface area contributed by atoms with Crippen LogP contribution < -0.4 is 0 Å². The van der Waals surface area contributed by atoms with E-state index in [1.165, 1.54) is 25.7 Å². The van der Waals surface area contributed by atoms with Crippen LogP contribution in [0.2, 0.25) is 0 Å². The number of pyridine rings is 1.